The minimum Gasteiger partial charge on any atom is -0.501 e. The van der Waals surface area contributed by atoms with Crippen molar-refractivity contribution < 1.29 is 14.4 Å². The van der Waals surface area contributed by atoms with Gasteiger partial charge in [-0.1, -0.05) is 30.3 Å². The van der Waals surface area contributed by atoms with Crippen molar-refractivity contribution in [2.75, 3.05) is 5.32 Å². The van der Waals surface area contributed by atoms with Gasteiger partial charge >= 0.3 is 0 Å². The summed E-state index contributed by atoms with van der Waals surface area (Å²) in [6.07, 6.45) is 5.70. The maximum Gasteiger partial charge on any atom is 0.296 e. The van der Waals surface area contributed by atoms with Gasteiger partial charge in [0.25, 0.3) is 11.5 Å². The van der Waals surface area contributed by atoms with Crippen LogP contribution in [0.15, 0.2) is 58.4 Å². The van der Waals surface area contributed by atoms with E-state index in [9.17, 15) is 20.0 Å². The summed E-state index contributed by atoms with van der Waals surface area (Å²) in [5.41, 5.74) is 1.37. The van der Waals surface area contributed by atoms with Gasteiger partial charge in [0.1, 0.15) is 17.8 Å². The van der Waals surface area contributed by atoms with Crippen LogP contribution in [0.2, 0.25) is 0 Å². The number of carbonyl (C=O) groups excluding carboxylic acids is 1. The molecule has 0 aliphatic heterocycles. The number of anilines is 1. The maximum atomic E-state index is 12.9. The fraction of sp³-hybridized carbons (Fsp3) is 0.208. The van der Waals surface area contributed by atoms with Crippen LogP contribution in [-0.4, -0.2) is 35.7 Å². The summed E-state index contributed by atoms with van der Waals surface area (Å²) in [4.78, 5) is 38.9. The van der Waals surface area contributed by atoms with Gasteiger partial charge in [-0.25, -0.2) is 4.98 Å². The topological polar surface area (TPSA) is 160 Å². The molecule has 0 spiro atoms. The smallest absolute Gasteiger partial charge is 0.296 e. The first-order valence-corrected chi connectivity index (χ1v) is 10.6. The number of rotatable bonds is 6. The van der Waals surface area contributed by atoms with Crippen LogP contribution < -0.4 is 10.9 Å². The second kappa shape index (κ2) is 9.56. The predicted molar refractivity (Wildman–Crippen MR) is 124 cm³/mol. The third-order valence-electron chi connectivity index (χ3n) is 5.65. The van der Waals surface area contributed by atoms with Crippen molar-refractivity contribution in [2.24, 2.45) is 7.05 Å². The second-order valence-electron chi connectivity index (χ2n) is 7.95. The summed E-state index contributed by atoms with van der Waals surface area (Å²) in [7, 11) is 1.46. The molecule has 0 saturated heterocycles. The van der Waals surface area contributed by atoms with Crippen LogP contribution in [0.4, 0.5) is 5.69 Å². The number of aromatic nitrogens is 5. The molecule has 1 amide bonds. The summed E-state index contributed by atoms with van der Waals surface area (Å²) in [5.74, 6) is -2.47. The van der Waals surface area contributed by atoms with Crippen molar-refractivity contribution in [3.05, 3.63) is 93.5 Å². The van der Waals surface area contributed by atoms with Crippen LogP contribution in [0.5, 0.6) is 5.75 Å². The number of benzene rings is 1. The molecule has 0 aliphatic carbocycles. The molecule has 0 bridgehead atoms. The molecule has 176 valence electrons. The molecular formula is C24H21N7O4. The predicted octanol–water partition coefficient (Wildman–Crippen LogP) is 2.63. The zero-order valence-electron chi connectivity index (χ0n) is 19.1. The van der Waals surface area contributed by atoms with E-state index in [1.165, 1.54) is 24.1 Å². The Morgan fingerprint density at radius 3 is 2.66 bits per heavy atom. The number of amides is 1. The first-order valence-electron chi connectivity index (χ1n) is 10.6. The van der Waals surface area contributed by atoms with Crippen LogP contribution in [-0.2, 0) is 7.05 Å². The SMILES string of the molecule is Cc1cnc([C@H](c2ccccc2C#N)[C@@H](C)c2nc(C(=O)Nc3cnoc3)c(O)c(=O)n2C)cn1. The lowest BCUT2D eigenvalue weighted by Crippen LogP contribution is -2.29. The van der Waals surface area contributed by atoms with E-state index in [-0.39, 0.29) is 11.5 Å². The van der Waals surface area contributed by atoms with Crippen LogP contribution in [0, 0.1) is 18.3 Å². The summed E-state index contributed by atoms with van der Waals surface area (Å²) >= 11 is 0. The van der Waals surface area contributed by atoms with Gasteiger partial charge in [-0.2, -0.15) is 5.26 Å². The molecule has 0 radical (unpaired) electrons. The Morgan fingerprint density at radius 2 is 2.00 bits per heavy atom. The first-order chi connectivity index (χ1) is 16.8. The molecule has 3 aromatic heterocycles. The molecular weight excluding hydrogens is 450 g/mol. The normalized spacial score (nSPS) is 12.5. The van der Waals surface area contributed by atoms with Crippen LogP contribution in [0.25, 0.3) is 0 Å². The molecule has 35 heavy (non-hydrogen) atoms. The minimum atomic E-state index is -0.805. The van der Waals surface area contributed by atoms with E-state index in [1.54, 1.807) is 43.6 Å². The van der Waals surface area contributed by atoms with E-state index in [4.69, 9.17) is 4.52 Å². The van der Waals surface area contributed by atoms with Gasteiger partial charge in [0.05, 0.1) is 29.2 Å². The Morgan fingerprint density at radius 1 is 1.23 bits per heavy atom. The minimum absolute atomic E-state index is 0.211. The van der Waals surface area contributed by atoms with Gasteiger partial charge in [0.2, 0.25) is 5.75 Å². The summed E-state index contributed by atoms with van der Waals surface area (Å²) in [5, 5.41) is 26.1. The highest BCUT2D eigenvalue weighted by atomic mass is 16.5. The molecule has 2 atom stereocenters. The van der Waals surface area contributed by atoms with Gasteiger partial charge in [-0.05, 0) is 18.6 Å². The third-order valence-corrected chi connectivity index (χ3v) is 5.65. The monoisotopic (exact) mass is 471 g/mol. The molecule has 2 N–H and O–H groups in total. The number of hydrogen-bond acceptors (Lipinski definition) is 9. The fourth-order valence-electron chi connectivity index (χ4n) is 3.90. The molecule has 0 fully saturated rings. The number of aromatic hydroxyl groups is 1. The summed E-state index contributed by atoms with van der Waals surface area (Å²) in [6, 6.07) is 9.25. The van der Waals surface area contributed by atoms with Gasteiger partial charge in [-0.15, -0.1) is 0 Å². The number of carbonyl (C=O) groups is 1. The Kier molecular flexibility index (Phi) is 6.37. The van der Waals surface area contributed by atoms with E-state index >= 15 is 0 Å². The largest absolute Gasteiger partial charge is 0.501 e. The maximum absolute atomic E-state index is 12.9. The Bertz CT molecular complexity index is 1470. The molecule has 4 rings (SSSR count). The average Bonchev–Trinajstić information content (AvgIpc) is 3.37. The zero-order chi connectivity index (χ0) is 25.1. The van der Waals surface area contributed by atoms with E-state index in [0.717, 1.165) is 5.69 Å². The standard InChI is InChI=1S/C24H21N7O4/c1-13-9-27-18(11-26-13)19(17-7-5-4-6-15(17)8-25)14(2)22-30-20(21(32)24(34)31(22)3)23(33)29-16-10-28-35-12-16/h4-7,9-12,14,19,32H,1-3H3,(H,29,33)/t14-,19+/m1/s1. The van der Waals surface area contributed by atoms with Gasteiger partial charge in [0, 0.05) is 31.3 Å². The number of hydrogen-bond donors (Lipinski definition) is 2. The summed E-state index contributed by atoms with van der Waals surface area (Å²) < 4.78 is 5.87. The quantitative estimate of drug-likeness (QED) is 0.431. The highest BCUT2D eigenvalue weighted by molar-refractivity contribution is 6.04. The van der Waals surface area contributed by atoms with E-state index in [2.05, 4.69) is 31.5 Å². The van der Waals surface area contributed by atoms with Crippen molar-refractivity contribution in [3.8, 4) is 11.8 Å². The van der Waals surface area contributed by atoms with Gasteiger partial charge < -0.3 is 14.9 Å². The van der Waals surface area contributed by atoms with Gasteiger partial charge in [0.15, 0.2) is 5.69 Å². The lowest BCUT2D eigenvalue weighted by atomic mass is 9.82. The molecule has 11 nitrogen and oxygen atoms in total. The van der Waals surface area contributed by atoms with Crippen LogP contribution in [0.3, 0.4) is 0 Å². The molecule has 4 aromatic rings. The van der Waals surface area contributed by atoms with Crippen molar-refractivity contribution in [2.45, 2.75) is 25.7 Å². The van der Waals surface area contributed by atoms with E-state index < -0.39 is 34.7 Å². The molecule has 0 saturated carbocycles. The lowest BCUT2D eigenvalue weighted by molar-refractivity contribution is 0.101. The fourth-order valence-corrected chi connectivity index (χ4v) is 3.90. The molecule has 0 aliphatic rings. The number of nitriles is 1. The number of aryl methyl sites for hydroxylation is 1. The zero-order valence-corrected chi connectivity index (χ0v) is 19.1. The van der Waals surface area contributed by atoms with Crippen LogP contribution in [0.1, 0.15) is 57.6 Å². The lowest BCUT2D eigenvalue weighted by Gasteiger charge is -2.26. The van der Waals surface area contributed by atoms with Crippen molar-refractivity contribution in [1.82, 2.24) is 24.7 Å². The van der Waals surface area contributed by atoms with Crippen molar-refractivity contribution >= 4 is 11.6 Å². The number of nitrogens with zero attached hydrogens (tertiary/aromatic N) is 6. The Labute approximate surface area is 199 Å². The summed E-state index contributed by atoms with van der Waals surface area (Å²) in [6.45, 7) is 3.62. The van der Waals surface area contributed by atoms with Gasteiger partial charge in [-0.3, -0.25) is 24.1 Å². The van der Waals surface area contributed by atoms with E-state index in [1.807, 2.05) is 6.92 Å². The second-order valence-corrected chi connectivity index (χ2v) is 7.95. The Hall–Kier alpha value is -4.85. The molecule has 11 heteroatoms. The highest BCUT2D eigenvalue weighted by Gasteiger charge is 2.31. The Balaban J connectivity index is 1.86. The first kappa shape index (κ1) is 23.3. The van der Waals surface area contributed by atoms with Crippen molar-refractivity contribution in [3.63, 3.8) is 0 Å². The molecule has 0 unspecified atom stereocenters. The average molecular weight is 471 g/mol. The molecule has 1 aromatic carbocycles. The van der Waals surface area contributed by atoms with Crippen LogP contribution >= 0.6 is 0 Å². The van der Waals surface area contributed by atoms with Crippen molar-refractivity contribution in [1.29, 1.82) is 5.26 Å². The molecule has 3 heterocycles. The highest BCUT2D eigenvalue weighted by Crippen LogP contribution is 2.38. The third kappa shape index (κ3) is 4.49. The number of nitrogens with one attached hydrogen (secondary N) is 1. The van der Waals surface area contributed by atoms with E-state index in [0.29, 0.717) is 16.8 Å².